The van der Waals surface area contributed by atoms with E-state index in [-0.39, 0.29) is 22.4 Å². The van der Waals surface area contributed by atoms with Gasteiger partial charge in [0.1, 0.15) is 6.23 Å². The summed E-state index contributed by atoms with van der Waals surface area (Å²) in [7, 11) is -4.35. The number of hydrogen-bond donors (Lipinski definition) is 3. The number of phosphoric acid groups is 1. The first kappa shape index (κ1) is 12.5. The van der Waals surface area contributed by atoms with Gasteiger partial charge in [-0.25, -0.2) is 4.57 Å². The Labute approximate surface area is 68.3 Å². The van der Waals surface area contributed by atoms with Crippen molar-refractivity contribution in [2.45, 2.75) is 13.2 Å². The zero-order chi connectivity index (χ0) is 6.78. The molecule has 9 heavy (non-hydrogen) atoms. The van der Waals surface area contributed by atoms with E-state index in [1.165, 1.54) is 6.92 Å². The molecular formula is C2H8AgNO4P. The second-order valence-electron chi connectivity index (χ2n) is 1.30. The summed E-state index contributed by atoms with van der Waals surface area (Å²) < 4.78 is 13.7. The van der Waals surface area contributed by atoms with Gasteiger partial charge in [0.2, 0.25) is 0 Å². The van der Waals surface area contributed by atoms with Crippen LogP contribution >= 0.6 is 7.82 Å². The zero-order valence-corrected chi connectivity index (χ0v) is 6.99. The average molecular weight is 249 g/mol. The van der Waals surface area contributed by atoms with E-state index in [4.69, 9.17) is 15.5 Å². The molecule has 0 aromatic heterocycles. The van der Waals surface area contributed by atoms with Gasteiger partial charge in [-0.15, -0.1) is 0 Å². The first-order valence-electron chi connectivity index (χ1n) is 1.91. The quantitative estimate of drug-likeness (QED) is 0.345. The standard InChI is InChI=1S/C2H8NO4P.Ag/c1-2(3)7-8(4,5)6;/h2H,3H2,1H3,(H2,4,5,6);. The smallest absolute Gasteiger partial charge is 0.306 e. The van der Waals surface area contributed by atoms with Crippen LogP contribution in [-0.2, 0) is 31.5 Å². The van der Waals surface area contributed by atoms with Gasteiger partial charge in [-0.1, -0.05) is 0 Å². The van der Waals surface area contributed by atoms with Crippen LogP contribution in [0.3, 0.4) is 0 Å². The van der Waals surface area contributed by atoms with Crippen molar-refractivity contribution in [1.82, 2.24) is 0 Å². The van der Waals surface area contributed by atoms with Gasteiger partial charge in [0.05, 0.1) is 0 Å². The monoisotopic (exact) mass is 248 g/mol. The van der Waals surface area contributed by atoms with Crippen LogP contribution in [0.25, 0.3) is 0 Å². The number of hydrogen-bond acceptors (Lipinski definition) is 3. The van der Waals surface area contributed by atoms with Gasteiger partial charge in [-0.2, -0.15) is 0 Å². The second-order valence-corrected chi connectivity index (χ2v) is 2.49. The maximum Gasteiger partial charge on any atom is 0.471 e. The van der Waals surface area contributed by atoms with Crippen LogP contribution in [0.2, 0.25) is 0 Å². The summed E-state index contributed by atoms with van der Waals surface area (Å²) in [6.45, 7) is 1.33. The maximum absolute atomic E-state index is 9.83. The Balaban J connectivity index is 0. The molecule has 0 aromatic carbocycles. The molecule has 1 radical (unpaired) electrons. The molecule has 0 amide bonds. The van der Waals surface area contributed by atoms with E-state index in [9.17, 15) is 4.57 Å². The molecule has 61 valence electrons. The third-order valence-corrected chi connectivity index (χ3v) is 0.911. The molecule has 1 atom stereocenters. The molecule has 1 unspecified atom stereocenters. The van der Waals surface area contributed by atoms with Crippen molar-refractivity contribution in [1.29, 1.82) is 0 Å². The van der Waals surface area contributed by atoms with Crippen molar-refractivity contribution in [3.8, 4) is 0 Å². The third-order valence-electron chi connectivity index (χ3n) is 0.304. The Morgan fingerprint density at radius 2 is 2.00 bits per heavy atom. The van der Waals surface area contributed by atoms with Crippen LogP contribution in [0.4, 0.5) is 0 Å². The molecule has 0 heterocycles. The van der Waals surface area contributed by atoms with Crippen molar-refractivity contribution >= 4 is 7.82 Å². The van der Waals surface area contributed by atoms with E-state index in [0.29, 0.717) is 0 Å². The Morgan fingerprint density at radius 3 is 2.00 bits per heavy atom. The molecule has 0 spiro atoms. The molecular weight excluding hydrogens is 241 g/mol. The summed E-state index contributed by atoms with van der Waals surface area (Å²) in [5.41, 5.74) is 4.86. The Bertz CT molecular complexity index is 111. The fourth-order valence-electron chi connectivity index (χ4n) is 0.217. The minimum atomic E-state index is -4.35. The van der Waals surface area contributed by atoms with Gasteiger partial charge < -0.3 is 15.5 Å². The summed E-state index contributed by atoms with van der Waals surface area (Å²) in [6.07, 6.45) is -0.921. The fourth-order valence-corrected chi connectivity index (χ4v) is 0.650. The van der Waals surface area contributed by atoms with Gasteiger partial charge in [0, 0.05) is 22.4 Å². The molecule has 0 bridgehead atoms. The Kier molecular flexibility index (Phi) is 6.38. The maximum atomic E-state index is 9.83. The summed E-state index contributed by atoms with van der Waals surface area (Å²) >= 11 is 0. The average Bonchev–Trinajstić information content (AvgIpc) is 1.21. The molecule has 0 aliphatic carbocycles. The van der Waals surface area contributed by atoms with Crippen molar-refractivity contribution in [2.24, 2.45) is 5.73 Å². The summed E-state index contributed by atoms with van der Waals surface area (Å²) in [5.74, 6) is 0. The van der Waals surface area contributed by atoms with E-state index in [0.717, 1.165) is 0 Å². The molecule has 0 rings (SSSR count). The topological polar surface area (TPSA) is 92.8 Å². The van der Waals surface area contributed by atoms with Crippen LogP contribution in [0.1, 0.15) is 6.92 Å². The van der Waals surface area contributed by atoms with E-state index in [1.54, 1.807) is 0 Å². The van der Waals surface area contributed by atoms with E-state index in [1.807, 2.05) is 0 Å². The van der Waals surface area contributed by atoms with Crippen molar-refractivity contribution in [3.63, 3.8) is 0 Å². The summed E-state index contributed by atoms with van der Waals surface area (Å²) in [4.78, 5) is 16.0. The first-order chi connectivity index (χ1) is 3.42. The second kappa shape index (κ2) is 4.60. The molecule has 0 aliphatic heterocycles. The van der Waals surface area contributed by atoms with Crippen LogP contribution < -0.4 is 5.73 Å². The molecule has 5 nitrogen and oxygen atoms in total. The Morgan fingerprint density at radius 1 is 1.67 bits per heavy atom. The third kappa shape index (κ3) is 12.1. The molecule has 4 N–H and O–H groups in total. The van der Waals surface area contributed by atoms with Crippen LogP contribution in [0.5, 0.6) is 0 Å². The zero-order valence-electron chi connectivity index (χ0n) is 4.61. The van der Waals surface area contributed by atoms with E-state index >= 15 is 0 Å². The number of phosphoric ester groups is 1. The van der Waals surface area contributed by atoms with Crippen molar-refractivity contribution < 1.29 is 41.3 Å². The van der Waals surface area contributed by atoms with Gasteiger partial charge in [-0.05, 0) is 6.92 Å². The van der Waals surface area contributed by atoms with Gasteiger partial charge in [-0.3, -0.25) is 4.52 Å². The SMILES string of the molecule is CC(N)OP(=O)(O)O.[Ag]. The van der Waals surface area contributed by atoms with Crippen LogP contribution in [0.15, 0.2) is 0 Å². The Hall–Kier alpha value is 0.810. The number of rotatable bonds is 2. The van der Waals surface area contributed by atoms with Crippen molar-refractivity contribution in [3.05, 3.63) is 0 Å². The van der Waals surface area contributed by atoms with Crippen LogP contribution in [-0.4, -0.2) is 16.0 Å². The van der Waals surface area contributed by atoms with Crippen LogP contribution in [0, 0.1) is 0 Å². The van der Waals surface area contributed by atoms with Gasteiger partial charge in [0.25, 0.3) is 0 Å². The minimum Gasteiger partial charge on any atom is -0.306 e. The fraction of sp³-hybridized carbons (Fsp3) is 1.00. The molecule has 0 fully saturated rings. The van der Waals surface area contributed by atoms with E-state index < -0.39 is 14.1 Å². The number of nitrogens with two attached hydrogens (primary N) is 1. The van der Waals surface area contributed by atoms with Crippen molar-refractivity contribution in [2.75, 3.05) is 0 Å². The predicted octanol–water partition coefficient (Wildman–Crippen LogP) is -0.602. The minimum absolute atomic E-state index is 0. The molecule has 0 aliphatic rings. The largest absolute Gasteiger partial charge is 0.471 e. The molecule has 7 heteroatoms. The predicted molar refractivity (Wildman–Crippen MR) is 26.8 cm³/mol. The summed E-state index contributed by atoms with van der Waals surface area (Å²) in [5, 5.41) is 0. The van der Waals surface area contributed by atoms with Gasteiger partial charge in [0.15, 0.2) is 0 Å². The molecule has 0 saturated carbocycles. The van der Waals surface area contributed by atoms with E-state index in [2.05, 4.69) is 4.52 Å². The molecule has 0 saturated heterocycles. The molecule has 0 aromatic rings. The van der Waals surface area contributed by atoms with Gasteiger partial charge >= 0.3 is 7.82 Å². The summed E-state index contributed by atoms with van der Waals surface area (Å²) in [6, 6.07) is 0. The first-order valence-corrected chi connectivity index (χ1v) is 3.44. The normalized spacial score (nSPS) is 14.2.